The highest BCUT2D eigenvalue weighted by molar-refractivity contribution is 5.75. The zero-order chi connectivity index (χ0) is 22.3. The Morgan fingerprint density at radius 1 is 0.969 bits per heavy atom. The molecule has 0 fully saturated rings. The molecule has 0 amide bonds. The van der Waals surface area contributed by atoms with Gasteiger partial charge in [-0.25, -0.2) is 0 Å². The second-order valence-electron chi connectivity index (χ2n) is 7.31. The van der Waals surface area contributed by atoms with Gasteiger partial charge in [-0.1, -0.05) is 47.6 Å². The third kappa shape index (κ3) is 4.80. The summed E-state index contributed by atoms with van der Waals surface area (Å²) in [6.07, 6.45) is 0. The van der Waals surface area contributed by atoms with E-state index in [-0.39, 0.29) is 6.61 Å². The van der Waals surface area contributed by atoms with Crippen molar-refractivity contribution in [2.75, 3.05) is 25.6 Å². The van der Waals surface area contributed by atoms with Crippen molar-refractivity contribution in [2.24, 2.45) is 0 Å². The number of aliphatic hydroxyl groups is 1. The van der Waals surface area contributed by atoms with E-state index in [0.717, 1.165) is 39.3 Å². The molecule has 7 nitrogen and oxygen atoms in total. The van der Waals surface area contributed by atoms with Crippen molar-refractivity contribution in [2.45, 2.75) is 13.5 Å². The Balaban J connectivity index is 1.56. The lowest BCUT2D eigenvalue weighted by molar-refractivity contribution is 0.291. The fourth-order valence-electron chi connectivity index (χ4n) is 3.60. The number of ether oxygens (including phenoxy) is 1. The van der Waals surface area contributed by atoms with E-state index < -0.39 is 0 Å². The lowest BCUT2D eigenvalue weighted by atomic mass is 9.96. The monoisotopic (exact) mass is 430 g/mol. The number of methoxy groups -OCH3 is 1. The van der Waals surface area contributed by atoms with E-state index in [1.807, 2.05) is 48.5 Å². The van der Waals surface area contributed by atoms with Gasteiger partial charge in [-0.05, 0) is 47.9 Å². The quantitative estimate of drug-likeness (QED) is 0.336. The van der Waals surface area contributed by atoms with E-state index in [2.05, 4.69) is 46.0 Å². The van der Waals surface area contributed by atoms with Crippen LogP contribution in [-0.2, 0) is 6.54 Å². The Hall–Kier alpha value is -3.68. The summed E-state index contributed by atoms with van der Waals surface area (Å²) in [5.41, 5.74) is 6.01. The fourth-order valence-corrected chi connectivity index (χ4v) is 3.60. The largest absolute Gasteiger partial charge is 0.496 e. The average Bonchev–Trinajstić information content (AvgIpc) is 3.28. The molecule has 32 heavy (non-hydrogen) atoms. The van der Waals surface area contributed by atoms with E-state index in [1.165, 1.54) is 0 Å². The molecule has 0 bridgehead atoms. The van der Waals surface area contributed by atoms with Gasteiger partial charge < -0.3 is 24.9 Å². The standard InChI is InChI=1S/C25H26N4O3/c1-17-21(18-7-4-3-5-8-18)9-6-10-22(17)24-28-29-25(32-24)27-20-11-12-23(31-2)19(15-20)16-26-13-14-30/h3-12,15,26,30H,13-14,16H2,1-2H3,(H,27,29). The Bertz CT molecular complexity index is 1180. The number of anilines is 2. The average molecular weight is 431 g/mol. The highest BCUT2D eigenvalue weighted by Crippen LogP contribution is 2.32. The van der Waals surface area contributed by atoms with Gasteiger partial charge in [-0.15, -0.1) is 5.10 Å². The zero-order valence-corrected chi connectivity index (χ0v) is 18.1. The van der Waals surface area contributed by atoms with Crippen LogP contribution in [-0.4, -0.2) is 35.6 Å². The van der Waals surface area contributed by atoms with Crippen molar-refractivity contribution in [3.63, 3.8) is 0 Å². The SMILES string of the molecule is COc1ccc(Nc2nnc(-c3cccc(-c4ccccc4)c3C)o2)cc1CNCCO. The lowest BCUT2D eigenvalue weighted by Crippen LogP contribution is -2.18. The van der Waals surface area contributed by atoms with Crippen LogP contribution in [0, 0.1) is 6.92 Å². The normalized spacial score (nSPS) is 10.8. The van der Waals surface area contributed by atoms with Gasteiger partial charge >= 0.3 is 6.01 Å². The maximum absolute atomic E-state index is 8.98. The summed E-state index contributed by atoms with van der Waals surface area (Å²) in [5.74, 6) is 1.22. The first kappa shape index (κ1) is 21.5. The second kappa shape index (κ2) is 10.1. The minimum atomic E-state index is 0.0793. The van der Waals surface area contributed by atoms with Crippen LogP contribution in [0.4, 0.5) is 11.7 Å². The highest BCUT2D eigenvalue weighted by Gasteiger charge is 2.14. The van der Waals surface area contributed by atoms with Crippen LogP contribution in [0.3, 0.4) is 0 Å². The van der Waals surface area contributed by atoms with E-state index in [0.29, 0.717) is 25.0 Å². The summed E-state index contributed by atoms with van der Waals surface area (Å²) in [6.45, 7) is 3.22. The number of nitrogens with zero attached hydrogens (tertiary/aromatic N) is 2. The van der Waals surface area contributed by atoms with E-state index in [1.54, 1.807) is 7.11 Å². The zero-order valence-electron chi connectivity index (χ0n) is 18.1. The van der Waals surface area contributed by atoms with Gasteiger partial charge in [0.15, 0.2) is 0 Å². The molecule has 1 heterocycles. The van der Waals surface area contributed by atoms with Crippen LogP contribution in [0.2, 0.25) is 0 Å². The summed E-state index contributed by atoms with van der Waals surface area (Å²) < 4.78 is 11.3. The van der Waals surface area contributed by atoms with Crippen LogP contribution in [0.1, 0.15) is 11.1 Å². The molecule has 0 atom stereocenters. The van der Waals surface area contributed by atoms with Crippen LogP contribution in [0.25, 0.3) is 22.6 Å². The molecule has 0 radical (unpaired) electrons. The third-order valence-corrected chi connectivity index (χ3v) is 5.21. The second-order valence-corrected chi connectivity index (χ2v) is 7.31. The molecule has 0 aliphatic carbocycles. The molecule has 0 spiro atoms. The Labute approximate surface area is 187 Å². The van der Waals surface area contributed by atoms with Crippen LogP contribution in [0.5, 0.6) is 5.75 Å². The highest BCUT2D eigenvalue weighted by atomic mass is 16.5. The summed E-state index contributed by atoms with van der Waals surface area (Å²) in [6, 6.07) is 22.3. The molecule has 3 N–H and O–H groups in total. The third-order valence-electron chi connectivity index (χ3n) is 5.21. The minimum absolute atomic E-state index is 0.0793. The molecule has 0 saturated carbocycles. The predicted molar refractivity (Wildman–Crippen MR) is 125 cm³/mol. The molecule has 0 saturated heterocycles. The molecular weight excluding hydrogens is 404 g/mol. The number of nitrogens with one attached hydrogen (secondary N) is 2. The first-order chi connectivity index (χ1) is 15.7. The van der Waals surface area contributed by atoms with Gasteiger partial charge in [-0.2, -0.15) is 0 Å². The molecule has 4 aromatic rings. The van der Waals surface area contributed by atoms with Crippen LogP contribution in [0.15, 0.2) is 71.1 Å². The number of rotatable bonds is 9. The molecular formula is C25H26N4O3. The summed E-state index contributed by atoms with van der Waals surface area (Å²) >= 11 is 0. The number of hydrogen-bond acceptors (Lipinski definition) is 7. The number of benzene rings is 3. The maximum Gasteiger partial charge on any atom is 0.320 e. The minimum Gasteiger partial charge on any atom is -0.496 e. The predicted octanol–water partition coefficient (Wildman–Crippen LogP) is 4.55. The summed E-state index contributed by atoms with van der Waals surface area (Å²) in [7, 11) is 1.63. The maximum atomic E-state index is 8.98. The van der Waals surface area contributed by atoms with Crippen molar-refractivity contribution >= 4 is 11.7 Å². The molecule has 7 heteroatoms. The van der Waals surface area contributed by atoms with E-state index in [9.17, 15) is 0 Å². The molecule has 0 aliphatic heterocycles. The van der Waals surface area contributed by atoms with Gasteiger partial charge in [0.05, 0.1) is 13.7 Å². The van der Waals surface area contributed by atoms with E-state index >= 15 is 0 Å². The van der Waals surface area contributed by atoms with Gasteiger partial charge in [-0.3, -0.25) is 0 Å². The van der Waals surface area contributed by atoms with Gasteiger partial charge in [0.25, 0.3) is 0 Å². The van der Waals surface area contributed by atoms with Crippen molar-refractivity contribution < 1.29 is 14.3 Å². The fraction of sp³-hybridized carbons (Fsp3) is 0.200. The summed E-state index contributed by atoms with van der Waals surface area (Å²) in [4.78, 5) is 0. The molecule has 1 aromatic heterocycles. The number of aromatic nitrogens is 2. The molecule has 3 aromatic carbocycles. The number of hydrogen-bond donors (Lipinski definition) is 3. The van der Waals surface area contributed by atoms with Crippen LogP contribution >= 0.6 is 0 Å². The first-order valence-electron chi connectivity index (χ1n) is 10.4. The summed E-state index contributed by atoms with van der Waals surface area (Å²) in [5, 5.41) is 23.7. The Morgan fingerprint density at radius 2 is 1.78 bits per heavy atom. The van der Waals surface area contributed by atoms with Crippen molar-refractivity contribution in [1.29, 1.82) is 0 Å². The molecule has 0 aliphatic rings. The molecule has 164 valence electrons. The molecule has 4 rings (SSSR count). The smallest absolute Gasteiger partial charge is 0.320 e. The topological polar surface area (TPSA) is 92.4 Å². The van der Waals surface area contributed by atoms with Gasteiger partial charge in [0.2, 0.25) is 5.89 Å². The van der Waals surface area contributed by atoms with Crippen molar-refractivity contribution in [3.05, 3.63) is 77.9 Å². The van der Waals surface area contributed by atoms with Crippen molar-refractivity contribution in [1.82, 2.24) is 15.5 Å². The van der Waals surface area contributed by atoms with Crippen LogP contribution < -0.4 is 15.4 Å². The first-order valence-corrected chi connectivity index (χ1v) is 10.4. The lowest BCUT2D eigenvalue weighted by Gasteiger charge is -2.11. The van der Waals surface area contributed by atoms with Gasteiger partial charge in [0, 0.05) is 29.9 Å². The number of aliphatic hydroxyl groups excluding tert-OH is 1. The van der Waals surface area contributed by atoms with E-state index in [4.69, 9.17) is 14.3 Å². The Morgan fingerprint density at radius 3 is 2.56 bits per heavy atom. The van der Waals surface area contributed by atoms with Gasteiger partial charge in [0.1, 0.15) is 5.75 Å². The van der Waals surface area contributed by atoms with Crippen molar-refractivity contribution in [3.8, 4) is 28.3 Å². The Kier molecular flexibility index (Phi) is 6.79. The molecule has 0 unspecified atom stereocenters.